The van der Waals surface area contributed by atoms with Crippen LogP contribution >= 0.6 is 24.0 Å². The summed E-state index contributed by atoms with van der Waals surface area (Å²) in [6, 6.07) is 5.60. The number of ether oxygens (including phenoxy) is 2. The van der Waals surface area contributed by atoms with Crippen molar-refractivity contribution in [3.05, 3.63) is 35.4 Å². The monoisotopic (exact) mass is 568 g/mol. The molecule has 0 amide bonds. The van der Waals surface area contributed by atoms with Crippen LogP contribution in [0.5, 0.6) is 0 Å². The van der Waals surface area contributed by atoms with E-state index in [4.69, 9.17) is 14.5 Å². The van der Waals surface area contributed by atoms with Crippen LogP contribution in [0.4, 0.5) is 13.2 Å². The number of rotatable bonds is 6. The fourth-order valence-electron chi connectivity index (χ4n) is 4.68. The molecule has 0 spiro atoms. The molecule has 2 N–H and O–H groups in total. The van der Waals surface area contributed by atoms with Crippen molar-refractivity contribution in [1.29, 1.82) is 0 Å². The van der Waals surface area contributed by atoms with Gasteiger partial charge in [0, 0.05) is 19.6 Å². The summed E-state index contributed by atoms with van der Waals surface area (Å²) < 4.78 is 50.4. The Morgan fingerprint density at radius 1 is 1.19 bits per heavy atom. The van der Waals surface area contributed by atoms with Gasteiger partial charge in [-0.3, -0.25) is 9.89 Å². The van der Waals surface area contributed by atoms with Gasteiger partial charge in [-0.15, -0.1) is 24.0 Å². The minimum atomic E-state index is -4.34. The topological polar surface area (TPSA) is 58.1 Å². The highest BCUT2D eigenvalue weighted by atomic mass is 127. The Morgan fingerprint density at radius 3 is 2.47 bits per heavy atom. The SMILES string of the molecule is CCNC(=NCC(c1ccc(C(F)(F)F)cc1)N1CCOCC1)NC1CC2CCC1O2.I. The van der Waals surface area contributed by atoms with Gasteiger partial charge in [0.25, 0.3) is 0 Å². The first kappa shape index (κ1) is 25.5. The van der Waals surface area contributed by atoms with Crippen molar-refractivity contribution < 1.29 is 22.6 Å². The number of hydrogen-bond acceptors (Lipinski definition) is 4. The third-order valence-corrected chi connectivity index (χ3v) is 6.30. The van der Waals surface area contributed by atoms with Crippen molar-refractivity contribution in [1.82, 2.24) is 15.5 Å². The van der Waals surface area contributed by atoms with E-state index < -0.39 is 11.7 Å². The maximum absolute atomic E-state index is 13.0. The number of hydrogen-bond donors (Lipinski definition) is 2. The maximum atomic E-state index is 13.0. The quantitative estimate of drug-likeness (QED) is 0.313. The molecular weight excluding hydrogens is 536 g/mol. The van der Waals surface area contributed by atoms with E-state index >= 15 is 0 Å². The molecule has 0 radical (unpaired) electrons. The second-order valence-electron chi connectivity index (χ2n) is 8.36. The first-order chi connectivity index (χ1) is 14.9. The lowest BCUT2D eigenvalue weighted by Gasteiger charge is -2.34. The molecule has 3 saturated heterocycles. The van der Waals surface area contributed by atoms with Crippen molar-refractivity contribution in [3.63, 3.8) is 0 Å². The summed E-state index contributed by atoms with van der Waals surface area (Å²) in [5, 5.41) is 6.81. The predicted molar refractivity (Wildman–Crippen MR) is 127 cm³/mol. The van der Waals surface area contributed by atoms with Gasteiger partial charge in [0.05, 0.1) is 49.6 Å². The van der Waals surface area contributed by atoms with Crippen LogP contribution in [0.1, 0.15) is 43.4 Å². The van der Waals surface area contributed by atoms with Gasteiger partial charge in [-0.1, -0.05) is 12.1 Å². The largest absolute Gasteiger partial charge is 0.416 e. The summed E-state index contributed by atoms with van der Waals surface area (Å²) in [5.74, 6) is 0.730. The number of guanidine groups is 1. The lowest BCUT2D eigenvalue weighted by atomic mass is 9.96. The number of aliphatic imine (C=N–C) groups is 1. The van der Waals surface area contributed by atoms with Crippen LogP contribution < -0.4 is 10.6 Å². The van der Waals surface area contributed by atoms with Crippen molar-refractivity contribution in [2.24, 2.45) is 4.99 Å². The van der Waals surface area contributed by atoms with Gasteiger partial charge in [-0.2, -0.15) is 13.2 Å². The van der Waals surface area contributed by atoms with Crippen LogP contribution in [-0.4, -0.2) is 68.5 Å². The summed E-state index contributed by atoms with van der Waals surface area (Å²) in [6.07, 6.45) is -0.568. The van der Waals surface area contributed by atoms with E-state index in [1.807, 2.05) is 6.92 Å². The van der Waals surface area contributed by atoms with Gasteiger partial charge in [0.15, 0.2) is 5.96 Å². The van der Waals surface area contributed by atoms with Crippen LogP contribution in [0.3, 0.4) is 0 Å². The summed E-state index contributed by atoms with van der Waals surface area (Å²) in [4.78, 5) is 7.05. The molecular formula is C22H32F3IN4O2. The van der Waals surface area contributed by atoms with E-state index in [1.54, 1.807) is 12.1 Å². The van der Waals surface area contributed by atoms with Crippen LogP contribution in [0.2, 0.25) is 0 Å². The van der Waals surface area contributed by atoms with E-state index in [2.05, 4.69) is 15.5 Å². The van der Waals surface area contributed by atoms with Gasteiger partial charge in [0.2, 0.25) is 0 Å². The molecule has 32 heavy (non-hydrogen) atoms. The van der Waals surface area contributed by atoms with Gasteiger partial charge < -0.3 is 20.1 Å². The number of benzene rings is 1. The molecule has 4 unspecified atom stereocenters. The zero-order chi connectivity index (χ0) is 21.8. The van der Waals surface area contributed by atoms with E-state index in [0.29, 0.717) is 25.9 Å². The van der Waals surface area contributed by atoms with Crippen molar-refractivity contribution in [3.8, 4) is 0 Å². The van der Waals surface area contributed by atoms with E-state index in [9.17, 15) is 13.2 Å². The lowest BCUT2D eigenvalue weighted by Crippen LogP contribution is -2.48. The van der Waals surface area contributed by atoms with Crippen LogP contribution in [0.15, 0.2) is 29.3 Å². The van der Waals surface area contributed by atoms with Crippen molar-refractivity contribution in [2.45, 2.75) is 56.7 Å². The highest BCUT2D eigenvalue weighted by Crippen LogP contribution is 2.34. The second-order valence-corrected chi connectivity index (χ2v) is 8.36. The van der Waals surface area contributed by atoms with E-state index in [1.165, 1.54) is 0 Å². The van der Waals surface area contributed by atoms with Gasteiger partial charge in [0.1, 0.15) is 0 Å². The summed E-state index contributed by atoms with van der Waals surface area (Å²) >= 11 is 0. The molecule has 3 aliphatic heterocycles. The predicted octanol–water partition coefficient (Wildman–Crippen LogP) is 3.57. The highest BCUT2D eigenvalue weighted by Gasteiger charge is 2.41. The minimum Gasteiger partial charge on any atom is -0.379 e. The molecule has 4 atom stereocenters. The maximum Gasteiger partial charge on any atom is 0.416 e. The Morgan fingerprint density at radius 2 is 1.91 bits per heavy atom. The van der Waals surface area contributed by atoms with Gasteiger partial charge in [-0.25, -0.2) is 0 Å². The average Bonchev–Trinajstić information content (AvgIpc) is 3.38. The first-order valence-corrected chi connectivity index (χ1v) is 11.1. The second kappa shape index (κ2) is 11.3. The average molecular weight is 568 g/mol. The molecule has 10 heteroatoms. The third-order valence-electron chi connectivity index (χ3n) is 6.30. The molecule has 3 aliphatic rings. The Hall–Kier alpha value is -1.11. The molecule has 6 nitrogen and oxygen atoms in total. The van der Waals surface area contributed by atoms with Crippen LogP contribution in [0.25, 0.3) is 0 Å². The molecule has 4 rings (SSSR count). The molecule has 180 valence electrons. The molecule has 0 aromatic heterocycles. The Balaban J connectivity index is 0.00000289. The smallest absolute Gasteiger partial charge is 0.379 e. The first-order valence-electron chi connectivity index (χ1n) is 11.1. The number of nitrogens with one attached hydrogen (secondary N) is 2. The van der Waals surface area contributed by atoms with E-state index in [-0.39, 0.29) is 42.2 Å². The zero-order valence-corrected chi connectivity index (χ0v) is 20.6. The van der Waals surface area contributed by atoms with Crippen LogP contribution in [0, 0.1) is 0 Å². The number of fused-ring (bicyclic) bond motifs is 2. The minimum absolute atomic E-state index is 0. The van der Waals surface area contributed by atoms with Crippen molar-refractivity contribution in [2.75, 3.05) is 39.4 Å². The lowest BCUT2D eigenvalue weighted by molar-refractivity contribution is -0.137. The normalized spacial score (nSPS) is 27.1. The molecule has 0 saturated carbocycles. The number of nitrogens with zero attached hydrogens (tertiary/aromatic N) is 2. The molecule has 0 aliphatic carbocycles. The number of alkyl halides is 3. The molecule has 3 heterocycles. The zero-order valence-electron chi connectivity index (χ0n) is 18.2. The Kier molecular flexibility index (Phi) is 9.05. The third kappa shape index (κ3) is 6.27. The molecule has 1 aromatic rings. The Bertz CT molecular complexity index is 757. The Labute approximate surface area is 204 Å². The number of halogens is 4. The van der Waals surface area contributed by atoms with Crippen LogP contribution in [-0.2, 0) is 15.7 Å². The highest BCUT2D eigenvalue weighted by molar-refractivity contribution is 14.0. The number of morpholine rings is 1. The summed E-state index contributed by atoms with van der Waals surface area (Å²) in [7, 11) is 0. The van der Waals surface area contributed by atoms with E-state index in [0.717, 1.165) is 62.6 Å². The fourth-order valence-corrected chi connectivity index (χ4v) is 4.68. The fraction of sp³-hybridized carbons (Fsp3) is 0.682. The molecule has 1 aromatic carbocycles. The van der Waals surface area contributed by atoms with Gasteiger partial charge in [-0.05, 0) is 43.9 Å². The molecule has 3 fully saturated rings. The van der Waals surface area contributed by atoms with Gasteiger partial charge >= 0.3 is 6.18 Å². The van der Waals surface area contributed by atoms with Crippen molar-refractivity contribution >= 4 is 29.9 Å². The summed E-state index contributed by atoms with van der Waals surface area (Å²) in [6.45, 7) is 5.88. The summed E-state index contributed by atoms with van der Waals surface area (Å²) in [5.41, 5.74) is 0.199. The molecule has 2 bridgehead atoms. The standard InChI is InChI=1S/C22H31F3N4O2.HI/c1-2-26-21(28-18-13-17-7-8-20(18)31-17)27-14-19(29-9-11-30-12-10-29)15-3-5-16(6-4-15)22(23,24)25;/h3-6,17-20H,2,7-14H2,1H3,(H2,26,27,28);1H.